The van der Waals surface area contributed by atoms with E-state index in [1.165, 1.54) is 128 Å². The highest BCUT2D eigenvalue weighted by atomic mass is 16.7. The summed E-state index contributed by atoms with van der Waals surface area (Å²) in [7, 11) is 0. The highest BCUT2D eigenvalue weighted by molar-refractivity contribution is 5.76. The van der Waals surface area contributed by atoms with Gasteiger partial charge in [-0.05, 0) is 96.3 Å². The van der Waals surface area contributed by atoms with Crippen LogP contribution < -0.4 is 5.32 Å². The van der Waals surface area contributed by atoms with Crippen molar-refractivity contribution in [2.75, 3.05) is 19.8 Å². The second kappa shape index (κ2) is 49.6. The standard InChI is InChI=1S/C60H107NO10/c1-3-5-7-9-11-13-15-27-30-34-38-42-46-53(63)52(51-70-60-59(68)58(67)57(66)54(50-62)71-60)61-55(64)47-43-39-35-31-28-24-22-20-18-16-17-19-21-23-25-29-33-37-41-45-49-69-56(65)48-44-40-36-32-26-14-12-10-8-6-4-2/h9-12,16,18,27,30,42,46,52-54,57-60,62-63,66-68H,3-8,13-15,17,19-26,28-29,31-41,43-45,47-51H2,1-2H3,(H,61,64)/b11-9+,12-10-,18-16-,30-27+,46-42+. The van der Waals surface area contributed by atoms with Crippen molar-refractivity contribution >= 4 is 11.9 Å². The molecule has 0 aromatic carbocycles. The van der Waals surface area contributed by atoms with Gasteiger partial charge in [0.05, 0.1) is 32.0 Å². The number of carbonyl (C=O) groups is 2. The summed E-state index contributed by atoms with van der Waals surface area (Å²) in [6.45, 7) is 4.21. The van der Waals surface area contributed by atoms with Crippen LogP contribution in [0.25, 0.3) is 0 Å². The lowest BCUT2D eigenvalue weighted by Gasteiger charge is -2.40. The number of nitrogens with one attached hydrogen (secondary N) is 1. The fourth-order valence-electron chi connectivity index (χ4n) is 8.60. The topological polar surface area (TPSA) is 175 Å². The van der Waals surface area contributed by atoms with E-state index in [9.17, 15) is 35.1 Å². The fourth-order valence-corrected chi connectivity index (χ4v) is 8.60. The highest BCUT2D eigenvalue weighted by Crippen LogP contribution is 2.23. The average molecular weight is 1000 g/mol. The summed E-state index contributed by atoms with van der Waals surface area (Å²) < 4.78 is 16.6. The lowest BCUT2D eigenvalue weighted by Crippen LogP contribution is -2.60. The Bertz CT molecular complexity index is 1360. The number of aliphatic hydroxyl groups excluding tert-OH is 5. The largest absolute Gasteiger partial charge is 0.466 e. The number of hydrogen-bond donors (Lipinski definition) is 6. The molecule has 1 aliphatic rings. The van der Waals surface area contributed by atoms with Gasteiger partial charge in [-0.15, -0.1) is 0 Å². The van der Waals surface area contributed by atoms with E-state index in [1.54, 1.807) is 6.08 Å². The second-order valence-electron chi connectivity index (χ2n) is 20.0. The van der Waals surface area contributed by atoms with Crippen LogP contribution in [-0.2, 0) is 23.8 Å². The minimum Gasteiger partial charge on any atom is -0.466 e. The third-order valence-electron chi connectivity index (χ3n) is 13.3. The number of ether oxygens (including phenoxy) is 3. The molecule has 0 aromatic heterocycles. The summed E-state index contributed by atoms with van der Waals surface area (Å²) in [4.78, 5) is 25.0. The van der Waals surface area contributed by atoms with Crippen LogP contribution in [0.4, 0.5) is 0 Å². The maximum Gasteiger partial charge on any atom is 0.305 e. The first-order valence-corrected chi connectivity index (χ1v) is 29.1. The Kier molecular flexibility index (Phi) is 46.3. The van der Waals surface area contributed by atoms with E-state index >= 15 is 0 Å². The molecule has 0 aliphatic carbocycles. The summed E-state index contributed by atoms with van der Waals surface area (Å²) in [5.41, 5.74) is 0. The molecule has 71 heavy (non-hydrogen) atoms. The van der Waals surface area contributed by atoms with Crippen LogP contribution >= 0.6 is 0 Å². The van der Waals surface area contributed by atoms with E-state index < -0.39 is 49.5 Å². The number of hydrogen-bond acceptors (Lipinski definition) is 10. The Morgan fingerprint density at radius 2 is 0.915 bits per heavy atom. The van der Waals surface area contributed by atoms with Crippen LogP contribution in [0.5, 0.6) is 0 Å². The number of carbonyl (C=O) groups excluding carboxylic acids is 2. The minimum atomic E-state index is -1.58. The predicted octanol–water partition coefficient (Wildman–Crippen LogP) is 13.1. The zero-order valence-corrected chi connectivity index (χ0v) is 45.2. The van der Waals surface area contributed by atoms with Crippen molar-refractivity contribution in [2.24, 2.45) is 0 Å². The maximum atomic E-state index is 13.0. The molecule has 0 radical (unpaired) electrons. The molecular weight excluding hydrogens is 895 g/mol. The Morgan fingerprint density at radius 3 is 1.39 bits per heavy atom. The van der Waals surface area contributed by atoms with Gasteiger partial charge in [0.2, 0.25) is 5.91 Å². The molecule has 7 atom stereocenters. The third-order valence-corrected chi connectivity index (χ3v) is 13.3. The zero-order chi connectivity index (χ0) is 51.7. The quantitative estimate of drug-likeness (QED) is 0.0195. The van der Waals surface area contributed by atoms with Gasteiger partial charge in [-0.1, -0.05) is 197 Å². The second-order valence-corrected chi connectivity index (χ2v) is 20.0. The summed E-state index contributed by atoms with van der Waals surface area (Å²) in [6, 6.07) is -0.842. The van der Waals surface area contributed by atoms with Gasteiger partial charge in [0.15, 0.2) is 6.29 Å². The van der Waals surface area contributed by atoms with Gasteiger partial charge in [0.25, 0.3) is 0 Å². The number of rotatable bonds is 49. The molecule has 11 nitrogen and oxygen atoms in total. The van der Waals surface area contributed by atoms with Crippen molar-refractivity contribution in [1.29, 1.82) is 0 Å². The van der Waals surface area contributed by atoms with Gasteiger partial charge in [0.1, 0.15) is 24.4 Å². The molecule has 0 bridgehead atoms. The number of allylic oxidation sites excluding steroid dienone is 9. The Hall–Kier alpha value is -2.64. The molecule has 11 heteroatoms. The smallest absolute Gasteiger partial charge is 0.305 e. The van der Waals surface area contributed by atoms with Crippen molar-refractivity contribution in [1.82, 2.24) is 5.32 Å². The Balaban J connectivity index is 2.11. The summed E-state index contributed by atoms with van der Waals surface area (Å²) >= 11 is 0. The monoisotopic (exact) mass is 1000 g/mol. The van der Waals surface area contributed by atoms with Crippen LogP contribution in [0.2, 0.25) is 0 Å². The highest BCUT2D eigenvalue weighted by Gasteiger charge is 2.44. The fraction of sp³-hybridized carbons (Fsp3) is 0.800. The molecule has 0 aromatic rings. The Morgan fingerprint density at radius 1 is 0.507 bits per heavy atom. The number of amides is 1. The van der Waals surface area contributed by atoms with Crippen LogP contribution in [0, 0.1) is 0 Å². The molecule has 1 heterocycles. The van der Waals surface area contributed by atoms with Crippen LogP contribution in [-0.4, -0.2) is 100 Å². The molecule has 0 saturated carbocycles. The van der Waals surface area contributed by atoms with Crippen molar-refractivity contribution in [3.63, 3.8) is 0 Å². The SMILES string of the molecule is CCCC/C=C\CCCCCCCC(=O)OCCCCCCCCCCC/C=C\CCCCCCCCCC(=O)NC(COC1OC(CO)C(O)C(O)C1O)C(O)/C=C/CC/C=C/CC/C=C/CCCC. The van der Waals surface area contributed by atoms with Gasteiger partial charge < -0.3 is 45.1 Å². The minimum absolute atomic E-state index is 0.0207. The summed E-state index contributed by atoms with van der Waals surface area (Å²) in [6.07, 6.45) is 53.1. The first-order chi connectivity index (χ1) is 34.7. The molecule has 1 saturated heterocycles. The number of unbranched alkanes of at least 4 members (excludes halogenated alkanes) is 27. The van der Waals surface area contributed by atoms with Gasteiger partial charge >= 0.3 is 5.97 Å². The van der Waals surface area contributed by atoms with E-state index in [-0.39, 0.29) is 18.5 Å². The van der Waals surface area contributed by atoms with Crippen molar-refractivity contribution in [3.05, 3.63) is 60.8 Å². The molecule has 412 valence electrons. The van der Waals surface area contributed by atoms with Crippen LogP contribution in [0.3, 0.4) is 0 Å². The van der Waals surface area contributed by atoms with E-state index in [4.69, 9.17) is 14.2 Å². The van der Waals surface area contributed by atoms with Gasteiger partial charge in [0, 0.05) is 12.8 Å². The molecule has 1 fully saturated rings. The van der Waals surface area contributed by atoms with Crippen molar-refractivity contribution < 1.29 is 49.3 Å². The van der Waals surface area contributed by atoms with E-state index in [0.717, 1.165) is 89.9 Å². The molecular formula is C60H107NO10. The molecule has 1 aliphatic heterocycles. The zero-order valence-electron chi connectivity index (χ0n) is 45.2. The van der Waals surface area contributed by atoms with E-state index in [1.807, 2.05) is 6.08 Å². The predicted molar refractivity (Wildman–Crippen MR) is 292 cm³/mol. The molecule has 1 rings (SSSR count). The average Bonchev–Trinajstić information content (AvgIpc) is 3.37. The maximum absolute atomic E-state index is 13.0. The van der Waals surface area contributed by atoms with Gasteiger partial charge in [-0.25, -0.2) is 0 Å². The lowest BCUT2D eigenvalue weighted by atomic mass is 9.99. The van der Waals surface area contributed by atoms with Crippen LogP contribution in [0.1, 0.15) is 245 Å². The Labute approximate surface area is 433 Å². The van der Waals surface area contributed by atoms with Gasteiger partial charge in [-0.2, -0.15) is 0 Å². The first kappa shape index (κ1) is 66.4. The third kappa shape index (κ3) is 39.5. The normalized spacial score (nSPS) is 19.6. The molecule has 6 N–H and O–H groups in total. The summed E-state index contributed by atoms with van der Waals surface area (Å²) in [5, 5.41) is 54.3. The summed E-state index contributed by atoms with van der Waals surface area (Å²) in [5.74, 6) is -0.228. The van der Waals surface area contributed by atoms with Crippen molar-refractivity contribution in [3.8, 4) is 0 Å². The first-order valence-electron chi connectivity index (χ1n) is 29.1. The molecule has 7 unspecified atom stereocenters. The van der Waals surface area contributed by atoms with Crippen molar-refractivity contribution in [2.45, 2.75) is 288 Å². The molecule has 0 spiro atoms. The lowest BCUT2D eigenvalue weighted by molar-refractivity contribution is -0.302. The molecule has 1 amide bonds. The number of aliphatic hydroxyl groups is 5. The van der Waals surface area contributed by atoms with E-state index in [2.05, 4.69) is 67.8 Å². The van der Waals surface area contributed by atoms with Gasteiger partial charge in [-0.3, -0.25) is 9.59 Å². The van der Waals surface area contributed by atoms with E-state index in [0.29, 0.717) is 19.4 Å². The van der Waals surface area contributed by atoms with Crippen LogP contribution in [0.15, 0.2) is 60.8 Å². The number of esters is 1.